The molecule has 8 nitrogen and oxygen atoms in total. The molecule has 0 atom stereocenters. The van der Waals surface area contributed by atoms with Gasteiger partial charge in [0.25, 0.3) is 0 Å². The standard InChI is InChI=1S/C21H23F3N6O2S/c1-14-7-8-25-18(11-14)30-20-12-19(28-15(2)29-20)26-9-10-27-33(31,32)13-16-3-5-17(6-4-16)21(22,23)24/h3-8,11-12,27H,9-10,13H2,1-2H3,(H2,25,26,28,29,30). The van der Waals surface area contributed by atoms with Crippen LogP contribution in [-0.4, -0.2) is 36.5 Å². The summed E-state index contributed by atoms with van der Waals surface area (Å²) in [5.74, 6) is 1.76. The van der Waals surface area contributed by atoms with Crippen molar-refractivity contribution < 1.29 is 21.6 Å². The van der Waals surface area contributed by atoms with Crippen LogP contribution in [0.2, 0.25) is 0 Å². The Morgan fingerprint density at radius 3 is 2.27 bits per heavy atom. The number of sulfonamides is 1. The number of aryl methyl sites for hydroxylation is 2. The van der Waals surface area contributed by atoms with Gasteiger partial charge in [-0.2, -0.15) is 13.2 Å². The number of hydrogen-bond acceptors (Lipinski definition) is 7. The van der Waals surface area contributed by atoms with Crippen molar-refractivity contribution in [2.24, 2.45) is 0 Å². The zero-order valence-electron chi connectivity index (χ0n) is 17.9. The molecule has 176 valence electrons. The van der Waals surface area contributed by atoms with E-state index >= 15 is 0 Å². The quantitative estimate of drug-likeness (QED) is 0.400. The predicted octanol–water partition coefficient (Wildman–Crippen LogP) is 3.78. The van der Waals surface area contributed by atoms with E-state index in [1.807, 2.05) is 19.1 Å². The monoisotopic (exact) mass is 480 g/mol. The first-order valence-corrected chi connectivity index (χ1v) is 11.6. The van der Waals surface area contributed by atoms with Crippen molar-refractivity contribution in [2.45, 2.75) is 25.8 Å². The summed E-state index contributed by atoms with van der Waals surface area (Å²) in [5, 5.41) is 6.12. The van der Waals surface area contributed by atoms with Crippen LogP contribution < -0.4 is 15.4 Å². The molecule has 3 aromatic rings. The summed E-state index contributed by atoms with van der Waals surface area (Å²) in [6.07, 6.45) is -2.78. The molecule has 0 aliphatic rings. The van der Waals surface area contributed by atoms with Crippen molar-refractivity contribution in [3.8, 4) is 0 Å². The Hall–Kier alpha value is -3.25. The highest BCUT2D eigenvalue weighted by Crippen LogP contribution is 2.29. The minimum absolute atomic E-state index is 0.0637. The molecule has 3 rings (SSSR count). The third-order valence-corrected chi connectivity index (χ3v) is 5.76. The lowest BCUT2D eigenvalue weighted by Crippen LogP contribution is -2.30. The lowest BCUT2D eigenvalue weighted by Gasteiger charge is -2.11. The molecule has 0 spiro atoms. The normalized spacial score (nSPS) is 11.9. The highest BCUT2D eigenvalue weighted by Gasteiger charge is 2.30. The fourth-order valence-electron chi connectivity index (χ4n) is 2.92. The average Bonchev–Trinajstić information content (AvgIpc) is 2.70. The summed E-state index contributed by atoms with van der Waals surface area (Å²) in [7, 11) is -3.72. The van der Waals surface area contributed by atoms with E-state index in [0.29, 0.717) is 23.3 Å². The van der Waals surface area contributed by atoms with Crippen molar-refractivity contribution in [2.75, 3.05) is 23.7 Å². The molecule has 0 saturated heterocycles. The van der Waals surface area contributed by atoms with Crippen molar-refractivity contribution >= 4 is 27.5 Å². The summed E-state index contributed by atoms with van der Waals surface area (Å²) in [5.41, 5.74) is 0.476. The molecular formula is C21H23F3N6O2S. The lowest BCUT2D eigenvalue weighted by molar-refractivity contribution is -0.137. The molecule has 0 amide bonds. The van der Waals surface area contributed by atoms with Gasteiger partial charge in [0, 0.05) is 25.4 Å². The fraction of sp³-hybridized carbons (Fsp3) is 0.286. The smallest absolute Gasteiger partial charge is 0.369 e. The Morgan fingerprint density at radius 2 is 1.61 bits per heavy atom. The van der Waals surface area contributed by atoms with Gasteiger partial charge >= 0.3 is 6.18 Å². The van der Waals surface area contributed by atoms with E-state index in [9.17, 15) is 21.6 Å². The number of anilines is 3. The van der Waals surface area contributed by atoms with Gasteiger partial charge in [0.15, 0.2) is 0 Å². The van der Waals surface area contributed by atoms with Gasteiger partial charge in [-0.25, -0.2) is 28.1 Å². The van der Waals surface area contributed by atoms with Crippen LogP contribution in [0.1, 0.15) is 22.5 Å². The molecule has 0 aliphatic carbocycles. The van der Waals surface area contributed by atoms with Gasteiger partial charge in [-0.1, -0.05) is 12.1 Å². The molecule has 2 aromatic heterocycles. The van der Waals surface area contributed by atoms with E-state index in [1.54, 1.807) is 19.2 Å². The van der Waals surface area contributed by atoms with Gasteiger partial charge in [0.1, 0.15) is 23.3 Å². The molecule has 0 fully saturated rings. The third-order valence-electron chi connectivity index (χ3n) is 4.40. The first-order chi connectivity index (χ1) is 15.5. The number of benzene rings is 1. The van der Waals surface area contributed by atoms with E-state index < -0.39 is 27.5 Å². The molecule has 12 heteroatoms. The first-order valence-electron chi connectivity index (χ1n) is 9.93. The van der Waals surface area contributed by atoms with E-state index in [4.69, 9.17) is 0 Å². The number of halogens is 3. The molecule has 0 bridgehead atoms. The van der Waals surface area contributed by atoms with Crippen molar-refractivity contribution in [3.05, 3.63) is 71.2 Å². The molecule has 33 heavy (non-hydrogen) atoms. The van der Waals surface area contributed by atoms with Crippen LogP contribution in [0.15, 0.2) is 48.7 Å². The minimum Gasteiger partial charge on any atom is -0.369 e. The second kappa shape index (κ2) is 10.1. The molecule has 0 unspecified atom stereocenters. The fourth-order valence-corrected chi connectivity index (χ4v) is 4.06. The van der Waals surface area contributed by atoms with Gasteiger partial charge in [0.2, 0.25) is 10.0 Å². The number of nitrogens with one attached hydrogen (secondary N) is 3. The number of hydrogen-bond donors (Lipinski definition) is 3. The topological polar surface area (TPSA) is 109 Å². The van der Waals surface area contributed by atoms with Crippen molar-refractivity contribution in [1.82, 2.24) is 19.7 Å². The Bertz CT molecular complexity index is 1200. The SMILES string of the molecule is Cc1ccnc(Nc2cc(NCCNS(=O)(=O)Cc3ccc(C(F)(F)F)cc3)nc(C)n2)c1. The number of pyridine rings is 1. The van der Waals surface area contributed by atoms with Gasteiger partial charge < -0.3 is 10.6 Å². The van der Waals surface area contributed by atoms with Crippen LogP contribution in [0.3, 0.4) is 0 Å². The second-order valence-electron chi connectivity index (χ2n) is 7.30. The van der Waals surface area contributed by atoms with Gasteiger partial charge in [-0.05, 0) is 49.2 Å². The molecule has 0 saturated carbocycles. The number of nitrogens with zero attached hydrogens (tertiary/aromatic N) is 3. The maximum atomic E-state index is 12.6. The van der Waals surface area contributed by atoms with E-state index in [-0.39, 0.29) is 18.7 Å². The lowest BCUT2D eigenvalue weighted by atomic mass is 10.1. The Morgan fingerprint density at radius 1 is 0.909 bits per heavy atom. The Kier molecular flexibility index (Phi) is 7.49. The van der Waals surface area contributed by atoms with Gasteiger partial charge in [-0.15, -0.1) is 0 Å². The molecular weight excluding hydrogens is 457 g/mol. The number of alkyl halides is 3. The summed E-state index contributed by atoms with van der Waals surface area (Å²) in [6.45, 7) is 3.98. The first kappa shape index (κ1) is 24.4. The van der Waals surface area contributed by atoms with Crippen molar-refractivity contribution in [1.29, 1.82) is 0 Å². The maximum Gasteiger partial charge on any atom is 0.416 e. The van der Waals surface area contributed by atoms with Gasteiger partial charge in [-0.3, -0.25) is 0 Å². The maximum absolute atomic E-state index is 12.6. The highest BCUT2D eigenvalue weighted by atomic mass is 32.2. The third kappa shape index (κ3) is 7.68. The zero-order valence-corrected chi connectivity index (χ0v) is 18.8. The molecule has 0 aliphatic heterocycles. The summed E-state index contributed by atoms with van der Waals surface area (Å²) in [6, 6.07) is 9.46. The highest BCUT2D eigenvalue weighted by molar-refractivity contribution is 7.88. The largest absolute Gasteiger partial charge is 0.416 e. The Balaban J connectivity index is 1.52. The summed E-state index contributed by atoms with van der Waals surface area (Å²) >= 11 is 0. The number of aromatic nitrogens is 3. The van der Waals surface area contributed by atoms with Crippen molar-refractivity contribution in [3.63, 3.8) is 0 Å². The number of rotatable bonds is 9. The van der Waals surface area contributed by atoms with Crippen LogP contribution in [0.4, 0.5) is 30.6 Å². The summed E-state index contributed by atoms with van der Waals surface area (Å²) in [4.78, 5) is 12.8. The summed E-state index contributed by atoms with van der Waals surface area (Å²) < 4.78 is 64.7. The van der Waals surface area contributed by atoms with Crippen LogP contribution in [0.25, 0.3) is 0 Å². The van der Waals surface area contributed by atoms with Crippen LogP contribution in [0, 0.1) is 13.8 Å². The van der Waals surface area contributed by atoms with Crippen LogP contribution in [0.5, 0.6) is 0 Å². The van der Waals surface area contributed by atoms with E-state index in [0.717, 1.165) is 29.8 Å². The Labute approximate surface area is 189 Å². The molecule has 1 aromatic carbocycles. The second-order valence-corrected chi connectivity index (χ2v) is 9.11. The molecule has 3 N–H and O–H groups in total. The van der Waals surface area contributed by atoms with Crippen LogP contribution in [-0.2, 0) is 22.0 Å². The van der Waals surface area contributed by atoms with Gasteiger partial charge in [0.05, 0.1) is 11.3 Å². The van der Waals surface area contributed by atoms with E-state index in [2.05, 4.69) is 30.3 Å². The van der Waals surface area contributed by atoms with Crippen LogP contribution >= 0.6 is 0 Å². The molecule has 2 heterocycles. The average molecular weight is 481 g/mol. The zero-order chi connectivity index (χ0) is 24.1. The molecule has 0 radical (unpaired) electrons. The van der Waals surface area contributed by atoms with E-state index in [1.165, 1.54) is 0 Å². The predicted molar refractivity (Wildman–Crippen MR) is 120 cm³/mol. The minimum atomic E-state index is -4.47.